The van der Waals surface area contributed by atoms with Crippen molar-refractivity contribution in [3.63, 3.8) is 0 Å². The maximum absolute atomic E-state index is 13.0. The molecule has 0 heterocycles. The fourth-order valence-electron chi connectivity index (χ4n) is 0.935. The van der Waals surface area contributed by atoms with Crippen molar-refractivity contribution in [1.29, 1.82) is 5.26 Å². The van der Waals surface area contributed by atoms with E-state index in [0.717, 1.165) is 12.1 Å². The molecule has 0 aromatic heterocycles. The van der Waals surface area contributed by atoms with E-state index in [1.807, 2.05) is 0 Å². The van der Waals surface area contributed by atoms with Crippen molar-refractivity contribution in [2.24, 2.45) is 0 Å². The highest BCUT2D eigenvalue weighted by Gasteiger charge is 2.37. The average molecular weight is 221 g/mol. The van der Waals surface area contributed by atoms with Crippen LogP contribution < -0.4 is 0 Å². The fourth-order valence-corrected chi connectivity index (χ4v) is 1.12. The number of benzene rings is 1. The van der Waals surface area contributed by atoms with Crippen LogP contribution >= 0.6 is 12.6 Å². The number of nitriles is 1. The van der Waals surface area contributed by atoms with Gasteiger partial charge in [-0.15, -0.1) is 12.6 Å². The molecule has 1 rings (SSSR count). The molecule has 6 heteroatoms. The molecule has 0 spiro atoms. The first-order valence-corrected chi connectivity index (χ1v) is 3.81. The Kier molecular flexibility index (Phi) is 2.71. The summed E-state index contributed by atoms with van der Waals surface area (Å²) >= 11 is 3.50. The first kappa shape index (κ1) is 10.9. The second kappa shape index (κ2) is 3.50. The standard InChI is InChI=1S/C8H3F4NS/c9-7-5(14)2-1-4(3-13)6(7)8(10,11)12/h1-2,14H. The van der Waals surface area contributed by atoms with Crippen molar-refractivity contribution >= 4 is 12.6 Å². The Bertz CT molecular complexity index is 405. The Morgan fingerprint density at radius 1 is 1.29 bits per heavy atom. The van der Waals surface area contributed by atoms with Crippen LogP contribution in [0.2, 0.25) is 0 Å². The van der Waals surface area contributed by atoms with Crippen molar-refractivity contribution in [3.8, 4) is 6.07 Å². The van der Waals surface area contributed by atoms with E-state index in [4.69, 9.17) is 5.26 Å². The van der Waals surface area contributed by atoms with Crippen molar-refractivity contribution in [3.05, 3.63) is 29.1 Å². The first-order valence-electron chi connectivity index (χ1n) is 3.36. The zero-order valence-corrected chi connectivity index (χ0v) is 7.46. The van der Waals surface area contributed by atoms with Gasteiger partial charge in [-0.1, -0.05) is 0 Å². The highest BCUT2D eigenvalue weighted by molar-refractivity contribution is 7.80. The molecule has 0 saturated heterocycles. The van der Waals surface area contributed by atoms with E-state index < -0.39 is 28.0 Å². The highest BCUT2D eigenvalue weighted by Crippen LogP contribution is 2.35. The number of hydrogen-bond acceptors (Lipinski definition) is 2. The summed E-state index contributed by atoms with van der Waals surface area (Å²) in [4.78, 5) is -0.434. The Hall–Kier alpha value is -1.22. The van der Waals surface area contributed by atoms with Crippen molar-refractivity contribution < 1.29 is 17.6 Å². The molecule has 0 radical (unpaired) electrons. The van der Waals surface area contributed by atoms with E-state index in [2.05, 4.69) is 12.6 Å². The van der Waals surface area contributed by atoms with E-state index in [1.54, 1.807) is 0 Å². The lowest BCUT2D eigenvalue weighted by Crippen LogP contribution is -2.11. The van der Waals surface area contributed by atoms with Gasteiger partial charge in [0.05, 0.1) is 11.6 Å². The van der Waals surface area contributed by atoms with E-state index in [0.29, 0.717) is 0 Å². The molecule has 1 nitrogen and oxygen atoms in total. The summed E-state index contributed by atoms with van der Waals surface area (Å²) in [5, 5.41) is 8.36. The molecular weight excluding hydrogens is 218 g/mol. The molecule has 0 atom stereocenters. The van der Waals surface area contributed by atoms with Gasteiger partial charge in [0.15, 0.2) is 0 Å². The summed E-state index contributed by atoms with van der Waals surface area (Å²) in [6.45, 7) is 0. The SMILES string of the molecule is N#Cc1ccc(S)c(F)c1C(F)(F)F. The molecule has 0 aliphatic rings. The van der Waals surface area contributed by atoms with Gasteiger partial charge in [0.25, 0.3) is 0 Å². The maximum atomic E-state index is 13.0. The molecule has 0 aliphatic carbocycles. The Labute approximate surface area is 82.4 Å². The fraction of sp³-hybridized carbons (Fsp3) is 0.125. The molecule has 1 aromatic rings. The van der Waals surface area contributed by atoms with Gasteiger partial charge in [0, 0.05) is 4.90 Å². The summed E-state index contributed by atoms with van der Waals surface area (Å²) in [6, 6.07) is 3.17. The van der Waals surface area contributed by atoms with E-state index >= 15 is 0 Å². The zero-order chi connectivity index (χ0) is 10.9. The predicted molar refractivity (Wildman–Crippen MR) is 43.4 cm³/mol. The summed E-state index contributed by atoms with van der Waals surface area (Å²) in [7, 11) is 0. The third kappa shape index (κ3) is 1.82. The smallest absolute Gasteiger partial charge is 0.205 e. The average Bonchev–Trinajstić information content (AvgIpc) is 2.07. The number of alkyl halides is 3. The van der Waals surface area contributed by atoms with Gasteiger partial charge < -0.3 is 0 Å². The van der Waals surface area contributed by atoms with Gasteiger partial charge in [-0.3, -0.25) is 0 Å². The second-order valence-corrected chi connectivity index (χ2v) is 2.91. The van der Waals surface area contributed by atoms with Crippen LogP contribution in [0.25, 0.3) is 0 Å². The number of halogens is 4. The number of rotatable bonds is 0. The lowest BCUT2D eigenvalue weighted by atomic mass is 10.1. The van der Waals surface area contributed by atoms with E-state index in [-0.39, 0.29) is 0 Å². The van der Waals surface area contributed by atoms with Crippen LogP contribution in [0.4, 0.5) is 17.6 Å². The normalized spacial score (nSPS) is 11.1. The largest absolute Gasteiger partial charge is 0.420 e. The second-order valence-electron chi connectivity index (χ2n) is 2.43. The monoisotopic (exact) mass is 221 g/mol. The third-order valence-electron chi connectivity index (χ3n) is 1.53. The van der Waals surface area contributed by atoms with Gasteiger partial charge >= 0.3 is 6.18 Å². The Morgan fingerprint density at radius 2 is 1.86 bits per heavy atom. The van der Waals surface area contributed by atoms with Crippen molar-refractivity contribution in [2.45, 2.75) is 11.1 Å². The molecule has 0 saturated carbocycles. The van der Waals surface area contributed by atoms with Gasteiger partial charge in [-0.25, -0.2) is 4.39 Å². The van der Waals surface area contributed by atoms with Gasteiger partial charge in [-0.05, 0) is 12.1 Å². The minimum absolute atomic E-state index is 0.434. The molecule has 1 aromatic carbocycles. The van der Waals surface area contributed by atoms with Crippen LogP contribution in [0, 0.1) is 17.1 Å². The van der Waals surface area contributed by atoms with E-state index in [1.165, 1.54) is 6.07 Å². The Morgan fingerprint density at radius 3 is 2.29 bits per heavy atom. The molecule has 0 aliphatic heterocycles. The van der Waals surface area contributed by atoms with Crippen LogP contribution in [-0.2, 0) is 6.18 Å². The number of nitrogens with zero attached hydrogens (tertiary/aromatic N) is 1. The zero-order valence-electron chi connectivity index (χ0n) is 6.56. The van der Waals surface area contributed by atoms with Gasteiger partial charge in [0.2, 0.25) is 0 Å². The minimum atomic E-state index is -4.88. The van der Waals surface area contributed by atoms with E-state index in [9.17, 15) is 17.6 Å². The summed E-state index contributed by atoms with van der Waals surface area (Å²) in [5.41, 5.74) is -2.31. The molecule has 14 heavy (non-hydrogen) atoms. The maximum Gasteiger partial charge on any atom is 0.420 e. The molecule has 0 bridgehead atoms. The summed E-state index contributed by atoms with van der Waals surface area (Å²) < 4.78 is 49.8. The lowest BCUT2D eigenvalue weighted by Gasteiger charge is -2.10. The number of thiol groups is 1. The molecule has 74 valence electrons. The highest BCUT2D eigenvalue weighted by atomic mass is 32.1. The summed E-state index contributed by atoms with van der Waals surface area (Å²) in [5.74, 6) is -1.51. The van der Waals surface area contributed by atoms with Crippen LogP contribution in [-0.4, -0.2) is 0 Å². The van der Waals surface area contributed by atoms with Gasteiger partial charge in [0.1, 0.15) is 11.4 Å². The van der Waals surface area contributed by atoms with Crippen LogP contribution in [0.1, 0.15) is 11.1 Å². The molecule has 0 N–H and O–H groups in total. The first-order chi connectivity index (χ1) is 6.38. The lowest BCUT2D eigenvalue weighted by molar-refractivity contribution is -0.140. The molecule has 0 unspecified atom stereocenters. The third-order valence-corrected chi connectivity index (χ3v) is 1.87. The van der Waals surface area contributed by atoms with Crippen molar-refractivity contribution in [2.75, 3.05) is 0 Å². The minimum Gasteiger partial charge on any atom is -0.205 e. The quantitative estimate of drug-likeness (QED) is 0.528. The molecular formula is C8H3F4NS. The number of hydrogen-bond donors (Lipinski definition) is 1. The molecule has 0 fully saturated rings. The molecule has 0 amide bonds. The van der Waals surface area contributed by atoms with Crippen LogP contribution in [0.5, 0.6) is 0 Å². The Balaban J connectivity index is 3.54. The van der Waals surface area contributed by atoms with Crippen LogP contribution in [0.3, 0.4) is 0 Å². The topological polar surface area (TPSA) is 23.8 Å². The summed E-state index contributed by atoms with van der Waals surface area (Å²) in [6.07, 6.45) is -4.88. The predicted octanol–water partition coefficient (Wildman–Crippen LogP) is 3.00. The van der Waals surface area contributed by atoms with Crippen LogP contribution in [0.15, 0.2) is 17.0 Å². The van der Waals surface area contributed by atoms with Gasteiger partial charge in [-0.2, -0.15) is 18.4 Å². The van der Waals surface area contributed by atoms with Crippen molar-refractivity contribution in [1.82, 2.24) is 0 Å².